The molecule has 6 heteroatoms. The lowest BCUT2D eigenvalue weighted by molar-refractivity contribution is -0.385. The molecule has 2 aromatic rings. The Morgan fingerprint density at radius 3 is 2.57 bits per heavy atom. The van der Waals surface area contributed by atoms with Crippen LogP contribution in [0.5, 0.6) is 0 Å². The van der Waals surface area contributed by atoms with Gasteiger partial charge in [0.15, 0.2) is 0 Å². The van der Waals surface area contributed by atoms with Crippen LogP contribution in [-0.2, 0) is 6.54 Å². The van der Waals surface area contributed by atoms with Gasteiger partial charge in [0.1, 0.15) is 5.69 Å². The highest BCUT2D eigenvalue weighted by atomic mass is 35.5. The molecule has 3 rings (SSSR count). The Morgan fingerprint density at radius 2 is 1.95 bits per heavy atom. The van der Waals surface area contributed by atoms with Gasteiger partial charge in [-0.05, 0) is 18.4 Å². The minimum atomic E-state index is -0.398. The molecule has 0 aliphatic heterocycles. The van der Waals surface area contributed by atoms with Gasteiger partial charge >= 0.3 is 5.69 Å². The van der Waals surface area contributed by atoms with Gasteiger partial charge in [0.05, 0.1) is 11.5 Å². The molecule has 0 atom stereocenters. The monoisotopic (exact) mass is 305 g/mol. The molecular weight excluding hydrogens is 290 g/mol. The molecular formula is C15H16ClN3O2. The van der Waals surface area contributed by atoms with E-state index in [1.54, 1.807) is 4.68 Å². The fourth-order valence-electron chi connectivity index (χ4n) is 2.95. The molecule has 1 heterocycles. The van der Waals surface area contributed by atoms with Crippen LogP contribution in [0.2, 0.25) is 5.15 Å². The van der Waals surface area contributed by atoms with Crippen molar-refractivity contribution in [1.82, 2.24) is 9.78 Å². The number of hydrogen-bond donors (Lipinski definition) is 0. The lowest BCUT2D eigenvalue weighted by Crippen LogP contribution is -2.03. The normalized spacial score (nSPS) is 15.5. The molecule has 0 saturated heterocycles. The average molecular weight is 306 g/mol. The predicted octanol–water partition coefficient (Wildman–Crippen LogP) is 4.15. The topological polar surface area (TPSA) is 61.0 Å². The number of nitro groups is 1. The zero-order chi connectivity index (χ0) is 14.8. The van der Waals surface area contributed by atoms with Crippen LogP contribution in [0.25, 0.3) is 0 Å². The summed E-state index contributed by atoms with van der Waals surface area (Å²) in [6.45, 7) is 0.452. The highest BCUT2D eigenvalue weighted by Gasteiger charge is 2.33. The Balaban J connectivity index is 1.97. The summed E-state index contributed by atoms with van der Waals surface area (Å²) in [5.41, 5.74) is 1.56. The summed E-state index contributed by atoms with van der Waals surface area (Å²) in [6.07, 6.45) is 4.12. The van der Waals surface area contributed by atoms with E-state index in [0.717, 1.165) is 31.2 Å². The van der Waals surface area contributed by atoms with Gasteiger partial charge < -0.3 is 0 Å². The van der Waals surface area contributed by atoms with E-state index < -0.39 is 4.92 Å². The van der Waals surface area contributed by atoms with Gasteiger partial charge in [-0.2, -0.15) is 5.10 Å². The second-order valence-corrected chi connectivity index (χ2v) is 5.76. The van der Waals surface area contributed by atoms with Gasteiger partial charge in [-0.15, -0.1) is 0 Å². The van der Waals surface area contributed by atoms with Gasteiger partial charge in [0.25, 0.3) is 0 Å². The molecule has 1 aromatic heterocycles. The second-order valence-electron chi connectivity index (χ2n) is 5.41. The minimum absolute atomic E-state index is 0.0144. The molecule has 21 heavy (non-hydrogen) atoms. The molecule has 0 spiro atoms. The number of hydrogen-bond acceptors (Lipinski definition) is 3. The molecule has 0 N–H and O–H groups in total. The second kappa shape index (κ2) is 5.85. The number of nitrogens with zero attached hydrogens (tertiary/aromatic N) is 3. The minimum Gasteiger partial charge on any atom is -0.258 e. The fraction of sp³-hybridized carbons (Fsp3) is 0.400. The van der Waals surface area contributed by atoms with Gasteiger partial charge in [-0.3, -0.25) is 10.1 Å². The zero-order valence-electron chi connectivity index (χ0n) is 11.5. The Kier molecular flexibility index (Phi) is 3.92. The van der Waals surface area contributed by atoms with Crippen LogP contribution < -0.4 is 0 Å². The third-order valence-corrected chi connectivity index (χ3v) is 4.37. The van der Waals surface area contributed by atoms with E-state index >= 15 is 0 Å². The maximum Gasteiger partial charge on any atom is 0.329 e. The van der Waals surface area contributed by atoms with E-state index in [9.17, 15) is 10.1 Å². The molecule has 1 aliphatic carbocycles. The molecule has 1 fully saturated rings. The maximum absolute atomic E-state index is 11.3. The lowest BCUT2D eigenvalue weighted by atomic mass is 10.0. The van der Waals surface area contributed by atoms with Crippen LogP contribution in [-0.4, -0.2) is 14.7 Å². The van der Waals surface area contributed by atoms with E-state index in [2.05, 4.69) is 5.10 Å². The molecule has 5 nitrogen and oxygen atoms in total. The molecule has 0 amide bonds. The average Bonchev–Trinajstić information content (AvgIpc) is 3.09. The van der Waals surface area contributed by atoms with Gasteiger partial charge in [0.2, 0.25) is 5.15 Å². The van der Waals surface area contributed by atoms with E-state index in [4.69, 9.17) is 11.6 Å². The summed E-state index contributed by atoms with van der Waals surface area (Å²) in [4.78, 5) is 10.9. The fourth-order valence-corrected chi connectivity index (χ4v) is 3.22. The standard InChI is InChI=1S/C15H16ClN3O2/c16-15-14(19(20)21)13(12-8-4-5-9-12)17-18(15)10-11-6-2-1-3-7-11/h1-3,6-7,12H,4-5,8-10H2. The Morgan fingerprint density at radius 1 is 1.29 bits per heavy atom. The Labute approximate surface area is 127 Å². The Hall–Kier alpha value is -1.88. The van der Waals surface area contributed by atoms with Crippen molar-refractivity contribution in [3.05, 3.63) is 56.9 Å². The number of benzene rings is 1. The summed E-state index contributed by atoms with van der Waals surface area (Å²) >= 11 is 6.21. The molecule has 0 radical (unpaired) electrons. The van der Waals surface area contributed by atoms with Crippen molar-refractivity contribution in [1.29, 1.82) is 0 Å². The first kappa shape index (κ1) is 14.1. The third-order valence-electron chi connectivity index (χ3n) is 3.99. The highest BCUT2D eigenvalue weighted by molar-refractivity contribution is 6.31. The quantitative estimate of drug-likeness (QED) is 0.629. The van der Waals surface area contributed by atoms with E-state index in [1.807, 2.05) is 30.3 Å². The van der Waals surface area contributed by atoms with Crippen LogP contribution in [0.4, 0.5) is 5.69 Å². The van der Waals surface area contributed by atoms with Crippen molar-refractivity contribution in [3.63, 3.8) is 0 Å². The first-order valence-electron chi connectivity index (χ1n) is 7.11. The maximum atomic E-state index is 11.3. The van der Waals surface area contributed by atoms with Gasteiger partial charge in [0, 0.05) is 5.92 Å². The van der Waals surface area contributed by atoms with Crippen LogP contribution >= 0.6 is 11.6 Å². The number of rotatable bonds is 4. The molecule has 1 saturated carbocycles. The first-order chi connectivity index (χ1) is 10.2. The molecule has 0 bridgehead atoms. The van der Waals surface area contributed by atoms with Crippen LogP contribution in [0.15, 0.2) is 30.3 Å². The van der Waals surface area contributed by atoms with Crippen LogP contribution in [0.3, 0.4) is 0 Å². The van der Waals surface area contributed by atoms with E-state index in [1.165, 1.54) is 0 Å². The van der Waals surface area contributed by atoms with Gasteiger partial charge in [-0.1, -0.05) is 54.8 Å². The molecule has 1 aliphatic rings. The number of halogens is 1. The summed E-state index contributed by atoms with van der Waals surface area (Å²) < 4.78 is 1.54. The van der Waals surface area contributed by atoms with Crippen molar-refractivity contribution in [2.45, 2.75) is 38.1 Å². The van der Waals surface area contributed by atoms with Crippen molar-refractivity contribution >= 4 is 17.3 Å². The van der Waals surface area contributed by atoms with E-state index in [-0.39, 0.29) is 16.8 Å². The predicted molar refractivity (Wildman–Crippen MR) is 80.6 cm³/mol. The van der Waals surface area contributed by atoms with Crippen LogP contribution in [0, 0.1) is 10.1 Å². The van der Waals surface area contributed by atoms with Gasteiger partial charge in [-0.25, -0.2) is 4.68 Å². The summed E-state index contributed by atoms with van der Waals surface area (Å²) in [5.74, 6) is 0.167. The largest absolute Gasteiger partial charge is 0.329 e. The summed E-state index contributed by atoms with van der Waals surface area (Å²) in [6, 6.07) is 9.71. The van der Waals surface area contributed by atoms with Crippen molar-refractivity contribution in [2.24, 2.45) is 0 Å². The van der Waals surface area contributed by atoms with Crippen molar-refractivity contribution in [3.8, 4) is 0 Å². The summed E-state index contributed by atoms with van der Waals surface area (Å²) in [5, 5.41) is 15.9. The smallest absolute Gasteiger partial charge is 0.258 e. The lowest BCUT2D eigenvalue weighted by Gasteiger charge is -2.04. The van der Waals surface area contributed by atoms with E-state index in [0.29, 0.717) is 12.2 Å². The SMILES string of the molecule is O=[N+]([O-])c1c(C2CCCC2)nn(Cc2ccccc2)c1Cl. The highest BCUT2D eigenvalue weighted by Crippen LogP contribution is 2.41. The Bertz CT molecular complexity index is 648. The molecule has 110 valence electrons. The van der Waals surface area contributed by atoms with Crippen molar-refractivity contribution < 1.29 is 4.92 Å². The molecule has 1 aromatic carbocycles. The third kappa shape index (κ3) is 2.78. The summed E-state index contributed by atoms with van der Waals surface area (Å²) in [7, 11) is 0. The molecule has 0 unspecified atom stereocenters. The van der Waals surface area contributed by atoms with Crippen molar-refractivity contribution in [2.75, 3.05) is 0 Å². The zero-order valence-corrected chi connectivity index (χ0v) is 12.3. The van der Waals surface area contributed by atoms with Crippen LogP contribution in [0.1, 0.15) is 42.9 Å². The number of aromatic nitrogens is 2. The first-order valence-corrected chi connectivity index (χ1v) is 7.49.